The molecule has 1 fully saturated rings. The minimum Gasteiger partial charge on any atom is -0.351 e. The molecule has 0 aliphatic carbocycles. The minimum atomic E-state index is -0.466. The van der Waals surface area contributed by atoms with Gasteiger partial charge >= 0.3 is 0 Å². The number of carbonyl (C=O) groups is 1. The molecule has 0 bridgehead atoms. The van der Waals surface area contributed by atoms with Crippen molar-refractivity contribution in [3.05, 3.63) is 0 Å². The number of nitrogens with zero attached hydrogens (tertiary/aromatic N) is 1. The van der Waals surface area contributed by atoms with E-state index in [2.05, 4.69) is 33.1 Å². The molecule has 1 amide bonds. The Balaban J connectivity index is 2.28. The van der Waals surface area contributed by atoms with Gasteiger partial charge in [-0.15, -0.1) is 0 Å². The molecule has 1 saturated heterocycles. The Hall–Kier alpha value is -0.0900. The summed E-state index contributed by atoms with van der Waals surface area (Å²) >= 11 is 3.36. The van der Waals surface area contributed by atoms with E-state index in [0.29, 0.717) is 0 Å². The van der Waals surface area contributed by atoms with Gasteiger partial charge in [0.15, 0.2) is 0 Å². The maximum Gasteiger partial charge on any atom is 0.236 e. The average Bonchev–Trinajstić information content (AvgIpc) is 2.54. The fourth-order valence-electron chi connectivity index (χ4n) is 1.79. The Kier molecular flexibility index (Phi) is 4.59. The topological polar surface area (TPSA) is 32.3 Å². The van der Waals surface area contributed by atoms with Gasteiger partial charge in [0.1, 0.15) is 0 Å². The summed E-state index contributed by atoms with van der Waals surface area (Å²) in [5, 5.41) is 3.02. The Morgan fingerprint density at radius 2 is 2.00 bits per heavy atom. The maximum atomic E-state index is 11.7. The van der Waals surface area contributed by atoms with E-state index in [-0.39, 0.29) is 11.9 Å². The zero-order valence-electron chi connectivity index (χ0n) is 9.85. The van der Waals surface area contributed by atoms with Gasteiger partial charge in [-0.05, 0) is 46.7 Å². The van der Waals surface area contributed by atoms with Crippen LogP contribution in [0.5, 0.6) is 0 Å². The molecule has 0 spiro atoms. The second-order valence-electron chi connectivity index (χ2n) is 4.85. The van der Waals surface area contributed by atoms with E-state index in [0.717, 1.165) is 6.54 Å². The summed E-state index contributed by atoms with van der Waals surface area (Å²) in [6.45, 7) is 9.12. The molecule has 88 valence electrons. The molecule has 4 heteroatoms. The highest BCUT2D eigenvalue weighted by atomic mass is 79.9. The van der Waals surface area contributed by atoms with Crippen molar-refractivity contribution in [2.45, 2.75) is 44.0 Å². The molecule has 1 aliphatic heterocycles. The van der Waals surface area contributed by atoms with E-state index in [4.69, 9.17) is 0 Å². The van der Waals surface area contributed by atoms with Gasteiger partial charge in [0.05, 0.1) is 4.32 Å². The summed E-state index contributed by atoms with van der Waals surface area (Å²) in [7, 11) is 0. The fourth-order valence-corrected chi connectivity index (χ4v) is 1.91. The molecule has 1 heterocycles. The number of likely N-dealkylation sites (tertiary alicyclic amines) is 1. The molecule has 15 heavy (non-hydrogen) atoms. The predicted octanol–water partition coefficient (Wildman–Crippen LogP) is 1.76. The van der Waals surface area contributed by atoms with Crippen molar-refractivity contribution in [1.82, 2.24) is 10.2 Å². The first-order valence-electron chi connectivity index (χ1n) is 5.62. The summed E-state index contributed by atoms with van der Waals surface area (Å²) in [6.07, 6.45) is 2.59. The van der Waals surface area contributed by atoms with Crippen LogP contribution in [0.3, 0.4) is 0 Å². The lowest BCUT2D eigenvalue weighted by Crippen LogP contribution is -2.46. The molecule has 1 aliphatic rings. The number of carbonyl (C=O) groups excluding carboxylic acids is 1. The van der Waals surface area contributed by atoms with Crippen molar-refractivity contribution < 1.29 is 4.79 Å². The molecule has 1 N–H and O–H groups in total. The van der Waals surface area contributed by atoms with E-state index in [1.54, 1.807) is 0 Å². The molecular weight excluding hydrogens is 256 g/mol. The highest BCUT2D eigenvalue weighted by molar-refractivity contribution is 9.10. The van der Waals surface area contributed by atoms with Crippen molar-refractivity contribution >= 4 is 21.8 Å². The molecule has 0 aromatic carbocycles. The smallest absolute Gasteiger partial charge is 0.236 e. The van der Waals surface area contributed by atoms with E-state index in [9.17, 15) is 4.79 Å². The number of halogens is 1. The molecule has 0 saturated carbocycles. The van der Waals surface area contributed by atoms with Crippen LogP contribution in [0, 0.1) is 0 Å². The molecule has 0 aromatic heterocycles. The monoisotopic (exact) mass is 276 g/mol. The second kappa shape index (κ2) is 5.30. The third-order valence-electron chi connectivity index (χ3n) is 2.65. The predicted molar refractivity (Wildman–Crippen MR) is 66.3 cm³/mol. The standard InChI is InChI=1S/C11H21BrN2O/c1-9(8-14-6-4-5-7-14)13-10(15)11(2,3)12/h9H,4-8H2,1-3H3,(H,13,15). The van der Waals surface area contributed by atoms with Crippen LogP contribution in [0.1, 0.15) is 33.6 Å². The summed E-state index contributed by atoms with van der Waals surface area (Å²) in [4.78, 5) is 14.1. The van der Waals surface area contributed by atoms with E-state index in [1.807, 2.05) is 13.8 Å². The van der Waals surface area contributed by atoms with Gasteiger partial charge in [0, 0.05) is 12.6 Å². The van der Waals surface area contributed by atoms with Gasteiger partial charge in [0.25, 0.3) is 0 Å². The van der Waals surface area contributed by atoms with Crippen LogP contribution < -0.4 is 5.32 Å². The summed E-state index contributed by atoms with van der Waals surface area (Å²) in [5.41, 5.74) is 0. The second-order valence-corrected chi connectivity index (χ2v) is 6.84. The number of rotatable bonds is 4. The van der Waals surface area contributed by atoms with Gasteiger partial charge < -0.3 is 10.2 Å². The molecule has 0 aromatic rings. The Morgan fingerprint density at radius 1 is 1.47 bits per heavy atom. The lowest BCUT2D eigenvalue weighted by Gasteiger charge is -2.24. The highest BCUT2D eigenvalue weighted by Crippen LogP contribution is 2.16. The summed E-state index contributed by atoms with van der Waals surface area (Å²) in [5.74, 6) is 0.0641. The molecule has 3 nitrogen and oxygen atoms in total. The zero-order chi connectivity index (χ0) is 11.5. The van der Waals surface area contributed by atoms with Gasteiger partial charge in [-0.3, -0.25) is 4.79 Å². The summed E-state index contributed by atoms with van der Waals surface area (Å²) < 4.78 is -0.466. The molecule has 0 radical (unpaired) electrons. The van der Waals surface area contributed by atoms with Gasteiger partial charge in [-0.25, -0.2) is 0 Å². The minimum absolute atomic E-state index is 0.0641. The first kappa shape index (κ1) is 13.0. The largest absolute Gasteiger partial charge is 0.351 e. The maximum absolute atomic E-state index is 11.7. The quantitative estimate of drug-likeness (QED) is 0.794. The number of hydrogen-bond donors (Lipinski definition) is 1. The third kappa shape index (κ3) is 4.51. The third-order valence-corrected chi connectivity index (χ3v) is 3.01. The van der Waals surface area contributed by atoms with E-state index < -0.39 is 4.32 Å². The van der Waals surface area contributed by atoms with Crippen molar-refractivity contribution in [3.63, 3.8) is 0 Å². The lowest BCUT2D eigenvalue weighted by molar-refractivity contribution is -0.123. The number of alkyl halides is 1. The SMILES string of the molecule is CC(CN1CCCC1)NC(=O)C(C)(C)Br. The Bertz CT molecular complexity index is 219. The number of nitrogens with one attached hydrogen (secondary N) is 1. The zero-order valence-corrected chi connectivity index (χ0v) is 11.4. The van der Waals surface area contributed by atoms with Crippen molar-refractivity contribution in [3.8, 4) is 0 Å². The number of amides is 1. The molecule has 1 atom stereocenters. The van der Waals surface area contributed by atoms with Gasteiger partial charge in [-0.2, -0.15) is 0 Å². The number of hydrogen-bond acceptors (Lipinski definition) is 2. The molecule has 1 unspecified atom stereocenters. The average molecular weight is 277 g/mol. The van der Waals surface area contributed by atoms with Crippen LogP contribution in [-0.4, -0.2) is 40.8 Å². The summed E-state index contributed by atoms with van der Waals surface area (Å²) in [6, 6.07) is 0.229. The van der Waals surface area contributed by atoms with Crippen molar-refractivity contribution in [1.29, 1.82) is 0 Å². The molecule has 1 rings (SSSR count). The van der Waals surface area contributed by atoms with Crippen molar-refractivity contribution in [2.24, 2.45) is 0 Å². The van der Waals surface area contributed by atoms with Crippen LogP contribution in [0.15, 0.2) is 0 Å². The first-order chi connectivity index (χ1) is 6.89. The van der Waals surface area contributed by atoms with Crippen LogP contribution in [0.2, 0.25) is 0 Å². The van der Waals surface area contributed by atoms with E-state index >= 15 is 0 Å². The van der Waals surface area contributed by atoms with Crippen molar-refractivity contribution in [2.75, 3.05) is 19.6 Å². The van der Waals surface area contributed by atoms with E-state index in [1.165, 1.54) is 25.9 Å². The van der Waals surface area contributed by atoms with Crippen LogP contribution in [-0.2, 0) is 4.79 Å². The van der Waals surface area contributed by atoms with Crippen LogP contribution in [0.25, 0.3) is 0 Å². The lowest BCUT2D eigenvalue weighted by atomic mass is 10.2. The fraction of sp³-hybridized carbons (Fsp3) is 0.909. The highest BCUT2D eigenvalue weighted by Gasteiger charge is 2.25. The van der Waals surface area contributed by atoms with Gasteiger partial charge in [0.2, 0.25) is 5.91 Å². The van der Waals surface area contributed by atoms with Gasteiger partial charge in [-0.1, -0.05) is 15.9 Å². The Morgan fingerprint density at radius 3 is 2.47 bits per heavy atom. The first-order valence-corrected chi connectivity index (χ1v) is 6.41. The molecular formula is C11H21BrN2O. The van der Waals surface area contributed by atoms with Crippen LogP contribution in [0.4, 0.5) is 0 Å². The normalized spacial score (nSPS) is 20.3. The van der Waals surface area contributed by atoms with Crippen LogP contribution >= 0.6 is 15.9 Å². The Labute approximate surface area is 101 Å².